The third-order valence-corrected chi connectivity index (χ3v) is 6.11. The number of hydrogen-bond acceptors (Lipinski definition) is 4. The Morgan fingerprint density at radius 3 is 2.72 bits per heavy atom. The highest BCUT2D eigenvalue weighted by Gasteiger charge is 2.24. The van der Waals surface area contributed by atoms with Crippen LogP contribution < -0.4 is 4.90 Å². The molecule has 0 amide bonds. The topological polar surface area (TPSA) is 53.0 Å². The van der Waals surface area contributed by atoms with Crippen LogP contribution in [0.5, 0.6) is 0 Å². The first-order valence-electron chi connectivity index (χ1n) is 10.4. The molecule has 2 aliphatic rings. The van der Waals surface area contributed by atoms with Crippen molar-refractivity contribution >= 4 is 29.1 Å². The van der Waals surface area contributed by atoms with Crippen LogP contribution in [0.1, 0.15) is 30.4 Å². The Morgan fingerprint density at radius 2 is 1.90 bits per heavy atom. The number of benzene rings is 2. The van der Waals surface area contributed by atoms with Crippen LogP contribution in [0.25, 0.3) is 0 Å². The summed E-state index contributed by atoms with van der Waals surface area (Å²) in [5, 5.41) is 9.64. The normalized spacial score (nSPS) is 19.2. The molecule has 2 aliphatic heterocycles. The molecule has 5 nitrogen and oxygen atoms in total. The van der Waals surface area contributed by atoms with Gasteiger partial charge in [0.15, 0.2) is 0 Å². The summed E-state index contributed by atoms with van der Waals surface area (Å²) in [7, 11) is 0. The van der Waals surface area contributed by atoms with E-state index >= 15 is 0 Å². The van der Waals surface area contributed by atoms with E-state index in [0.717, 1.165) is 56.8 Å². The van der Waals surface area contributed by atoms with E-state index in [-0.39, 0.29) is 6.10 Å². The van der Waals surface area contributed by atoms with Crippen LogP contribution in [0.4, 0.5) is 16.2 Å². The third-order valence-electron chi connectivity index (χ3n) is 5.87. The van der Waals surface area contributed by atoms with Crippen molar-refractivity contribution in [2.75, 3.05) is 31.1 Å². The Hall–Kier alpha value is -2.24. The standard InChI is InChI=1S/C23H27ClN2O3/c24-19-11-10-18-9-8-17-5-1-2-7-21(17)26(22(18)15-19)14-4-13-25-12-3-6-20(16-25)29-23(27)28/h1-2,5,7,10-11,15,20H,3-4,6,8-9,12-14,16H2,(H,27,28)/t20-/m1/s1. The zero-order chi connectivity index (χ0) is 20.2. The summed E-state index contributed by atoms with van der Waals surface area (Å²) in [5.41, 5.74) is 5.17. The Balaban J connectivity index is 1.47. The summed E-state index contributed by atoms with van der Waals surface area (Å²) in [4.78, 5) is 15.6. The minimum Gasteiger partial charge on any atom is -0.450 e. The van der Waals surface area contributed by atoms with Gasteiger partial charge in [0.1, 0.15) is 6.10 Å². The Labute approximate surface area is 176 Å². The first-order valence-corrected chi connectivity index (χ1v) is 10.7. The van der Waals surface area contributed by atoms with Gasteiger partial charge in [-0.15, -0.1) is 0 Å². The van der Waals surface area contributed by atoms with Crippen LogP contribution in [-0.4, -0.2) is 48.4 Å². The van der Waals surface area contributed by atoms with Crippen LogP contribution in [-0.2, 0) is 17.6 Å². The molecule has 2 aromatic rings. The molecule has 0 aromatic heterocycles. The van der Waals surface area contributed by atoms with Crippen LogP contribution in [0, 0.1) is 0 Å². The smallest absolute Gasteiger partial charge is 0.450 e. The van der Waals surface area contributed by atoms with E-state index in [1.165, 1.54) is 22.5 Å². The Bertz CT molecular complexity index is 873. The summed E-state index contributed by atoms with van der Waals surface area (Å²) in [6.07, 6.45) is 3.44. The molecular formula is C23H27ClN2O3. The van der Waals surface area contributed by atoms with Crippen molar-refractivity contribution in [3.8, 4) is 0 Å². The summed E-state index contributed by atoms with van der Waals surface area (Å²) in [5.74, 6) is 0. The zero-order valence-corrected chi connectivity index (χ0v) is 17.3. The number of carbonyl (C=O) groups is 1. The number of para-hydroxylation sites is 1. The van der Waals surface area contributed by atoms with E-state index in [9.17, 15) is 4.79 Å². The third kappa shape index (κ3) is 4.85. The van der Waals surface area contributed by atoms with E-state index in [0.29, 0.717) is 6.54 Å². The highest BCUT2D eigenvalue weighted by Crippen LogP contribution is 2.37. The lowest BCUT2D eigenvalue weighted by atomic mass is 10.0. The molecule has 0 aliphatic carbocycles. The average Bonchev–Trinajstić information content (AvgIpc) is 2.85. The Kier molecular flexibility index (Phi) is 6.26. The van der Waals surface area contributed by atoms with Gasteiger partial charge in [0.25, 0.3) is 0 Å². The number of rotatable bonds is 5. The second-order valence-corrected chi connectivity index (χ2v) is 8.29. The van der Waals surface area contributed by atoms with Gasteiger partial charge < -0.3 is 14.7 Å². The van der Waals surface area contributed by atoms with Crippen molar-refractivity contribution in [1.29, 1.82) is 0 Å². The molecule has 4 rings (SSSR count). The van der Waals surface area contributed by atoms with Gasteiger partial charge in [0.05, 0.1) is 0 Å². The molecule has 1 fully saturated rings. The number of likely N-dealkylation sites (tertiary alicyclic amines) is 1. The predicted octanol–water partition coefficient (Wildman–Crippen LogP) is 5.13. The fourth-order valence-corrected chi connectivity index (χ4v) is 4.70. The maximum Gasteiger partial charge on any atom is 0.506 e. The summed E-state index contributed by atoms with van der Waals surface area (Å²) in [6, 6.07) is 14.8. The number of piperidine rings is 1. The maximum atomic E-state index is 10.8. The van der Waals surface area contributed by atoms with Crippen molar-refractivity contribution in [3.63, 3.8) is 0 Å². The number of hydrogen-bond donors (Lipinski definition) is 1. The molecule has 0 unspecified atom stereocenters. The molecule has 0 spiro atoms. The average molecular weight is 415 g/mol. The lowest BCUT2D eigenvalue weighted by Gasteiger charge is -2.33. The maximum absolute atomic E-state index is 10.8. The van der Waals surface area contributed by atoms with Crippen LogP contribution in [0.3, 0.4) is 0 Å². The molecule has 2 heterocycles. The first-order chi connectivity index (χ1) is 14.1. The lowest BCUT2D eigenvalue weighted by molar-refractivity contribution is 0.0135. The highest BCUT2D eigenvalue weighted by atomic mass is 35.5. The van der Waals surface area contributed by atoms with Crippen molar-refractivity contribution in [3.05, 3.63) is 58.6 Å². The van der Waals surface area contributed by atoms with Gasteiger partial charge >= 0.3 is 6.16 Å². The molecule has 0 saturated carbocycles. The van der Waals surface area contributed by atoms with Gasteiger partial charge in [-0.3, -0.25) is 4.90 Å². The van der Waals surface area contributed by atoms with E-state index < -0.39 is 6.16 Å². The largest absolute Gasteiger partial charge is 0.506 e. The second-order valence-electron chi connectivity index (χ2n) is 7.86. The van der Waals surface area contributed by atoms with Gasteiger partial charge in [0, 0.05) is 29.5 Å². The number of ether oxygens (including phenoxy) is 1. The molecule has 154 valence electrons. The number of aryl methyl sites for hydroxylation is 2. The molecule has 2 aromatic carbocycles. The second kappa shape index (κ2) is 9.06. The Morgan fingerprint density at radius 1 is 1.10 bits per heavy atom. The molecule has 0 bridgehead atoms. The zero-order valence-electron chi connectivity index (χ0n) is 16.5. The molecule has 1 saturated heterocycles. The molecule has 6 heteroatoms. The fraction of sp³-hybridized carbons (Fsp3) is 0.435. The number of carboxylic acid groups (broad SMARTS) is 1. The summed E-state index contributed by atoms with van der Waals surface area (Å²) >= 11 is 6.34. The summed E-state index contributed by atoms with van der Waals surface area (Å²) < 4.78 is 4.99. The number of halogens is 1. The van der Waals surface area contributed by atoms with Crippen molar-refractivity contribution in [1.82, 2.24) is 4.90 Å². The van der Waals surface area contributed by atoms with E-state index in [1.54, 1.807) is 0 Å². The minimum absolute atomic E-state index is 0.209. The van der Waals surface area contributed by atoms with Crippen LogP contribution in [0.2, 0.25) is 5.02 Å². The number of anilines is 2. The number of nitrogens with zero attached hydrogens (tertiary/aromatic N) is 2. The van der Waals surface area contributed by atoms with E-state index in [1.807, 2.05) is 6.07 Å². The molecule has 1 N–H and O–H groups in total. The van der Waals surface area contributed by atoms with Gasteiger partial charge in [-0.2, -0.15) is 0 Å². The number of fused-ring (bicyclic) bond motifs is 2. The van der Waals surface area contributed by atoms with Crippen LogP contribution >= 0.6 is 11.6 Å². The van der Waals surface area contributed by atoms with Gasteiger partial charge in [-0.05, 0) is 74.5 Å². The monoisotopic (exact) mass is 414 g/mol. The van der Waals surface area contributed by atoms with Crippen molar-refractivity contribution in [2.45, 2.75) is 38.2 Å². The molecule has 1 atom stereocenters. The van der Waals surface area contributed by atoms with Gasteiger partial charge in [-0.1, -0.05) is 35.9 Å². The molecular weight excluding hydrogens is 388 g/mol. The van der Waals surface area contributed by atoms with Crippen LogP contribution in [0.15, 0.2) is 42.5 Å². The molecule has 0 radical (unpaired) electrons. The van der Waals surface area contributed by atoms with E-state index in [2.05, 4.69) is 46.2 Å². The van der Waals surface area contributed by atoms with Gasteiger partial charge in [-0.25, -0.2) is 4.79 Å². The minimum atomic E-state index is -1.17. The lowest BCUT2D eigenvalue weighted by Crippen LogP contribution is -2.41. The van der Waals surface area contributed by atoms with Crippen molar-refractivity contribution in [2.24, 2.45) is 0 Å². The van der Waals surface area contributed by atoms with E-state index in [4.69, 9.17) is 21.4 Å². The highest BCUT2D eigenvalue weighted by molar-refractivity contribution is 6.30. The quantitative estimate of drug-likeness (QED) is 0.687. The predicted molar refractivity (Wildman–Crippen MR) is 115 cm³/mol. The SMILES string of the molecule is O=C(O)O[C@@H]1CCCN(CCCN2c3ccccc3CCc3ccc(Cl)cc32)C1. The molecule has 29 heavy (non-hydrogen) atoms. The first kappa shape index (κ1) is 20.0. The van der Waals surface area contributed by atoms with Gasteiger partial charge in [0.2, 0.25) is 0 Å². The summed E-state index contributed by atoms with van der Waals surface area (Å²) in [6.45, 7) is 3.50. The van der Waals surface area contributed by atoms with Crippen molar-refractivity contribution < 1.29 is 14.6 Å². The fourth-order valence-electron chi connectivity index (χ4n) is 4.53.